The molecular weight excluding hydrogens is 300 g/mol. The number of hydrogen-bond donors (Lipinski definition) is 1. The second-order valence-electron chi connectivity index (χ2n) is 6.22. The first kappa shape index (κ1) is 14.4. The summed E-state index contributed by atoms with van der Waals surface area (Å²) >= 11 is 0. The number of alkyl halides is 1. The van der Waals surface area contributed by atoms with Crippen LogP contribution in [0.25, 0.3) is 11.3 Å². The SMILES string of the molecule is O=C([C@@H]1C[C@H]1F)N1CCc2[nH]nc(-c3cccc(F)c3)c2CC1. The number of nitrogens with zero attached hydrogens (tertiary/aromatic N) is 2. The number of amides is 1. The van der Waals surface area contributed by atoms with Crippen LogP contribution in [-0.4, -0.2) is 40.3 Å². The highest BCUT2D eigenvalue weighted by atomic mass is 19.1. The van der Waals surface area contributed by atoms with E-state index in [0.29, 0.717) is 32.4 Å². The Morgan fingerprint density at radius 3 is 2.83 bits per heavy atom. The molecule has 2 atom stereocenters. The Morgan fingerprint density at radius 1 is 1.30 bits per heavy atom. The number of H-pyrrole nitrogens is 1. The number of rotatable bonds is 2. The Kier molecular flexibility index (Phi) is 3.39. The zero-order valence-corrected chi connectivity index (χ0v) is 12.6. The molecule has 4 rings (SSSR count). The third-order valence-corrected chi connectivity index (χ3v) is 4.66. The summed E-state index contributed by atoms with van der Waals surface area (Å²) in [6.45, 7) is 1.12. The van der Waals surface area contributed by atoms with Gasteiger partial charge in [-0.15, -0.1) is 0 Å². The van der Waals surface area contributed by atoms with Gasteiger partial charge in [0, 0.05) is 36.3 Å². The molecule has 1 saturated carbocycles. The maximum absolute atomic E-state index is 13.4. The Balaban J connectivity index is 1.57. The Hall–Kier alpha value is -2.24. The molecule has 2 aliphatic rings. The highest BCUT2D eigenvalue weighted by molar-refractivity contribution is 5.82. The van der Waals surface area contributed by atoms with Crippen molar-refractivity contribution < 1.29 is 13.6 Å². The van der Waals surface area contributed by atoms with Gasteiger partial charge in [0.1, 0.15) is 12.0 Å². The van der Waals surface area contributed by atoms with E-state index < -0.39 is 12.1 Å². The van der Waals surface area contributed by atoms with Gasteiger partial charge in [-0.3, -0.25) is 9.89 Å². The molecule has 0 unspecified atom stereocenters. The van der Waals surface area contributed by atoms with Crippen molar-refractivity contribution in [2.75, 3.05) is 13.1 Å². The van der Waals surface area contributed by atoms with Crippen LogP contribution in [-0.2, 0) is 17.6 Å². The molecule has 4 nitrogen and oxygen atoms in total. The summed E-state index contributed by atoms with van der Waals surface area (Å²) in [4.78, 5) is 14.0. The van der Waals surface area contributed by atoms with E-state index in [1.54, 1.807) is 11.0 Å². The van der Waals surface area contributed by atoms with Crippen LogP contribution in [0.3, 0.4) is 0 Å². The number of aromatic amines is 1. The van der Waals surface area contributed by atoms with Crippen LogP contribution in [0.4, 0.5) is 8.78 Å². The van der Waals surface area contributed by atoms with Crippen molar-refractivity contribution in [1.82, 2.24) is 15.1 Å². The lowest BCUT2D eigenvalue weighted by Crippen LogP contribution is -2.35. The predicted octanol–water partition coefficient (Wildman–Crippen LogP) is 2.50. The largest absolute Gasteiger partial charge is 0.342 e. The number of aromatic nitrogens is 2. The lowest BCUT2D eigenvalue weighted by atomic mass is 10.0. The monoisotopic (exact) mass is 317 g/mol. The summed E-state index contributed by atoms with van der Waals surface area (Å²) in [6, 6.07) is 6.35. The normalized spacial score (nSPS) is 23.3. The Morgan fingerprint density at radius 2 is 2.09 bits per heavy atom. The molecule has 1 aromatic heterocycles. The van der Waals surface area contributed by atoms with Crippen LogP contribution in [0.15, 0.2) is 24.3 Å². The summed E-state index contributed by atoms with van der Waals surface area (Å²) < 4.78 is 26.6. The number of benzene rings is 1. The van der Waals surface area contributed by atoms with E-state index in [4.69, 9.17) is 0 Å². The van der Waals surface area contributed by atoms with Crippen molar-refractivity contribution >= 4 is 5.91 Å². The number of nitrogens with one attached hydrogen (secondary N) is 1. The molecule has 1 aliphatic heterocycles. The summed E-state index contributed by atoms with van der Waals surface area (Å²) in [5, 5.41) is 7.34. The summed E-state index contributed by atoms with van der Waals surface area (Å²) in [5.74, 6) is -0.817. The van der Waals surface area contributed by atoms with Gasteiger partial charge in [0.2, 0.25) is 5.91 Å². The Bertz CT molecular complexity index is 758. The quantitative estimate of drug-likeness (QED) is 0.925. The smallest absolute Gasteiger partial charge is 0.228 e. The van der Waals surface area contributed by atoms with Crippen LogP contribution in [0.5, 0.6) is 0 Å². The molecule has 23 heavy (non-hydrogen) atoms. The van der Waals surface area contributed by atoms with Gasteiger partial charge >= 0.3 is 0 Å². The van der Waals surface area contributed by atoms with Crippen molar-refractivity contribution in [2.45, 2.75) is 25.4 Å². The van der Waals surface area contributed by atoms with Crippen molar-refractivity contribution in [2.24, 2.45) is 5.92 Å². The predicted molar refractivity (Wildman–Crippen MR) is 81.0 cm³/mol. The number of carbonyl (C=O) groups is 1. The van der Waals surface area contributed by atoms with Crippen molar-refractivity contribution in [3.05, 3.63) is 41.3 Å². The minimum atomic E-state index is -0.965. The molecule has 0 radical (unpaired) electrons. The first-order chi connectivity index (χ1) is 11.1. The van der Waals surface area contributed by atoms with E-state index in [9.17, 15) is 13.6 Å². The van der Waals surface area contributed by atoms with Crippen LogP contribution < -0.4 is 0 Å². The van der Waals surface area contributed by atoms with Crippen molar-refractivity contribution in [1.29, 1.82) is 0 Å². The summed E-state index contributed by atoms with van der Waals surface area (Å²) in [6.07, 6.45) is 0.699. The molecule has 0 spiro atoms. The standard InChI is InChI=1S/C17H17F2N3O/c18-11-3-1-2-10(8-11)16-12-4-6-22(7-5-15(12)20-21-16)17(23)13-9-14(13)19/h1-3,8,13-14H,4-7,9H2,(H,20,21)/t13-,14-/m1/s1. The molecule has 1 aromatic carbocycles. The fourth-order valence-corrected chi connectivity index (χ4v) is 3.23. The van der Waals surface area contributed by atoms with Crippen LogP contribution in [0.1, 0.15) is 17.7 Å². The molecule has 1 fully saturated rings. The van der Waals surface area contributed by atoms with Gasteiger partial charge in [-0.05, 0) is 25.0 Å². The molecular formula is C17H17F2N3O. The number of halogens is 2. The molecule has 0 bridgehead atoms. The Labute approximate surface area is 132 Å². The van der Waals surface area contributed by atoms with Gasteiger partial charge in [-0.2, -0.15) is 5.10 Å². The first-order valence-corrected chi connectivity index (χ1v) is 7.88. The zero-order valence-electron chi connectivity index (χ0n) is 12.6. The van der Waals surface area contributed by atoms with E-state index in [2.05, 4.69) is 10.2 Å². The average molecular weight is 317 g/mol. The topological polar surface area (TPSA) is 49.0 Å². The minimum Gasteiger partial charge on any atom is -0.342 e. The number of carbonyl (C=O) groups excluding carboxylic acids is 1. The van der Waals surface area contributed by atoms with Gasteiger partial charge in [0.15, 0.2) is 0 Å². The fraction of sp³-hybridized carbons (Fsp3) is 0.412. The molecule has 120 valence electrons. The van der Waals surface area contributed by atoms with E-state index >= 15 is 0 Å². The molecule has 1 amide bonds. The van der Waals surface area contributed by atoms with Crippen LogP contribution in [0.2, 0.25) is 0 Å². The van der Waals surface area contributed by atoms with Crippen LogP contribution >= 0.6 is 0 Å². The number of fused-ring (bicyclic) bond motifs is 1. The second-order valence-corrected chi connectivity index (χ2v) is 6.22. The van der Waals surface area contributed by atoms with Crippen molar-refractivity contribution in [3.8, 4) is 11.3 Å². The third kappa shape index (κ3) is 2.62. The molecule has 0 saturated heterocycles. The van der Waals surface area contributed by atoms with E-state index in [1.807, 2.05) is 6.07 Å². The first-order valence-electron chi connectivity index (χ1n) is 7.88. The van der Waals surface area contributed by atoms with Crippen molar-refractivity contribution in [3.63, 3.8) is 0 Å². The lowest BCUT2D eigenvalue weighted by Gasteiger charge is -2.20. The maximum atomic E-state index is 13.4. The zero-order chi connectivity index (χ0) is 16.0. The van der Waals surface area contributed by atoms with Crippen LogP contribution in [0, 0.1) is 11.7 Å². The van der Waals surface area contributed by atoms with Gasteiger partial charge in [0.25, 0.3) is 0 Å². The molecule has 1 N–H and O–H groups in total. The number of hydrogen-bond acceptors (Lipinski definition) is 2. The van der Waals surface area contributed by atoms with Gasteiger partial charge in [-0.25, -0.2) is 8.78 Å². The van der Waals surface area contributed by atoms with E-state index in [-0.39, 0.29) is 11.7 Å². The minimum absolute atomic E-state index is 0.0806. The van der Waals surface area contributed by atoms with Gasteiger partial charge < -0.3 is 4.90 Å². The summed E-state index contributed by atoms with van der Waals surface area (Å²) in [5.41, 5.74) is 3.47. The molecule has 2 aromatic rings. The summed E-state index contributed by atoms with van der Waals surface area (Å²) in [7, 11) is 0. The highest BCUT2D eigenvalue weighted by Gasteiger charge is 2.45. The molecule has 1 aliphatic carbocycles. The van der Waals surface area contributed by atoms with E-state index in [0.717, 1.165) is 22.5 Å². The maximum Gasteiger partial charge on any atom is 0.228 e. The highest BCUT2D eigenvalue weighted by Crippen LogP contribution is 2.36. The fourth-order valence-electron chi connectivity index (χ4n) is 3.23. The third-order valence-electron chi connectivity index (χ3n) is 4.66. The average Bonchev–Trinajstić information content (AvgIpc) is 3.20. The molecule has 2 heterocycles. The second kappa shape index (κ2) is 5.44. The molecule has 6 heteroatoms. The lowest BCUT2D eigenvalue weighted by molar-refractivity contribution is -0.132. The van der Waals surface area contributed by atoms with Gasteiger partial charge in [0.05, 0.1) is 11.6 Å². The van der Waals surface area contributed by atoms with E-state index in [1.165, 1.54) is 12.1 Å². The van der Waals surface area contributed by atoms with Gasteiger partial charge in [-0.1, -0.05) is 12.1 Å².